The van der Waals surface area contributed by atoms with Crippen LogP contribution in [0.15, 0.2) is 21.6 Å². The van der Waals surface area contributed by atoms with Crippen LogP contribution in [0.25, 0.3) is 0 Å². The second-order valence-corrected chi connectivity index (χ2v) is 3.30. The summed E-state index contributed by atoms with van der Waals surface area (Å²) in [7, 11) is 0. The van der Waals surface area contributed by atoms with E-state index in [0.717, 1.165) is 0 Å². The molecule has 0 aromatic rings. The van der Waals surface area contributed by atoms with Crippen molar-refractivity contribution in [1.82, 2.24) is 0 Å². The van der Waals surface area contributed by atoms with Crippen molar-refractivity contribution in [2.45, 2.75) is 26.2 Å². The first-order valence-corrected chi connectivity index (χ1v) is 4.23. The van der Waals surface area contributed by atoms with Gasteiger partial charge in [0.25, 0.3) is 0 Å². The maximum atomic E-state index is 2.26. The van der Waals surface area contributed by atoms with Gasteiger partial charge in [0.15, 0.2) is 0 Å². The van der Waals surface area contributed by atoms with E-state index >= 15 is 0 Å². The van der Waals surface area contributed by atoms with Gasteiger partial charge in [0.2, 0.25) is 0 Å². The zero-order valence-electron chi connectivity index (χ0n) is 6.59. The van der Waals surface area contributed by atoms with Crippen molar-refractivity contribution in [2.24, 2.45) is 0 Å². The fourth-order valence-electron chi connectivity index (χ4n) is 1.05. The molecule has 11 heavy (non-hydrogen) atoms. The van der Waals surface area contributed by atoms with Gasteiger partial charge in [-0.15, -0.1) is 34.0 Å². The van der Waals surface area contributed by atoms with E-state index in [-0.39, 0.29) is 34.0 Å². The van der Waals surface area contributed by atoms with Crippen molar-refractivity contribution >= 4 is 34.0 Å². The number of allylic oxidation sites excluding steroid dienone is 4. The van der Waals surface area contributed by atoms with Crippen LogP contribution < -0.4 is 0 Å². The molecule has 0 bridgehead atoms. The molecule has 0 unspecified atom stereocenters. The molecule has 0 radical (unpaired) electrons. The Kier molecular flexibility index (Phi) is 10.4. The van der Waals surface area contributed by atoms with Crippen LogP contribution in [0.2, 0.25) is 0 Å². The van der Waals surface area contributed by atoms with Gasteiger partial charge in [-0.25, -0.2) is 0 Å². The minimum absolute atomic E-state index is 0. The van der Waals surface area contributed by atoms with E-state index in [2.05, 4.69) is 39.5 Å². The summed E-state index contributed by atoms with van der Waals surface area (Å²) in [5.74, 6) is 0. The van der Waals surface area contributed by atoms with Crippen LogP contribution >= 0.6 is 34.0 Å². The van der Waals surface area contributed by atoms with Gasteiger partial charge >= 0.3 is 68.2 Å². The molecule has 3 heteroatoms. The van der Waals surface area contributed by atoms with Gasteiger partial charge in [0, 0.05) is 0 Å². The molecule has 1 aliphatic carbocycles. The summed E-state index contributed by atoms with van der Waals surface area (Å²) in [5.41, 5.74) is 1.57. The Hall–Kier alpha value is 1.15. The summed E-state index contributed by atoms with van der Waals surface area (Å²) in [6.45, 7) is 2.23. The van der Waals surface area contributed by atoms with E-state index < -0.39 is 0 Å². The van der Waals surface area contributed by atoms with E-state index in [4.69, 9.17) is 0 Å². The van der Waals surface area contributed by atoms with Crippen LogP contribution in [-0.4, -0.2) is 0 Å². The quantitative estimate of drug-likeness (QED) is 0.681. The van der Waals surface area contributed by atoms with Crippen LogP contribution in [-0.2, 0) is 20.4 Å². The molecule has 1 rings (SSSR count). The van der Waals surface area contributed by atoms with E-state index in [1.54, 1.807) is 9.45 Å². The number of halogens is 2. The molecule has 0 heterocycles. The van der Waals surface area contributed by atoms with Crippen molar-refractivity contribution in [3.63, 3.8) is 0 Å². The molecule has 63 valence electrons. The first-order chi connectivity index (χ1) is 4.34. The van der Waals surface area contributed by atoms with Crippen molar-refractivity contribution in [2.75, 3.05) is 0 Å². The summed E-state index contributed by atoms with van der Waals surface area (Å²) in [6.07, 6.45) is 8.24. The molecule has 0 saturated heterocycles. The monoisotopic (exact) mass is 315 g/mol. The van der Waals surface area contributed by atoms with Gasteiger partial charge in [-0.3, -0.25) is 0 Å². The molecule has 0 aromatic heterocycles. The Morgan fingerprint density at radius 3 is 2.45 bits per heavy atom. The second kappa shape index (κ2) is 7.79. The Labute approximate surface area is 101 Å². The predicted octanol–water partition coefficient (Wildman–Crippen LogP) is 3.70. The Balaban J connectivity index is 0. The third-order valence-corrected chi connectivity index (χ3v) is 2.37. The van der Waals surface area contributed by atoms with Gasteiger partial charge in [0.05, 0.1) is 0 Å². The Bertz CT molecular complexity index is 161. The van der Waals surface area contributed by atoms with Crippen LogP contribution in [0.1, 0.15) is 26.2 Å². The van der Waals surface area contributed by atoms with Crippen molar-refractivity contribution in [3.05, 3.63) is 21.6 Å². The van der Waals surface area contributed by atoms with Gasteiger partial charge in [-0.1, -0.05) is 0 Å². The summed E-state index contributed by atoms with van der Waals surface area (Å²) in [4.78, 5) is 0. The van der Waals surface area contributed by atoms with Crippen molar-refractivity contribution in [3.8, 4) is 0 Å². The third kappa shape index (κ3) is 4.67. The van der Waals surface area contributed by atoms with E-state index in [1.807, 2.05) is 0 Å². The molecule has 0 saturated carbocycles. The van der Waals surface area contributed by atoms with E-state index in [0.29, 0.717) is 0 Å². The second-order valence-electron chi connectivity index (χ2n) is 2.36. The first kappa shape index (κ1) is 14.7. The van der Waals surface area contributed by atoms with Gasteiger partial charge in [-0.2, -0.15) is 0 Å². The molecule has 0 spiro atoms. The van der Waals surface area contributed by atoms with Crippen molar-refractivity contribution < 1.29 is 20.4 Å². The minimum atomic E-state index is 0. The molecule has 0 atom stereocenters. The molecule has 0 nitrogen and oxygen atoms in total. The zero-order chi connectivity index (χ0) is 6.69. The summed E-state index contributed by atoms with van der Waals surface area (Å²) < 4.78 is 1.57. The standard InChI is InChI=1S/C8H11.2BrH.Ti/c1-2-5-8-6-3-4-7-8;;;/h3,6H,2,4-5H2,1H3;2*1H;. The summed E-state index contributed by atoms with van der Waals surface area (Å²) >= 11 is 2.23. The zero-order valence-corrected chi connectivity index (χ0v) is 11.6. The van der Waals surface area contributed by atoms with E-state index in [1.165, 1.54) is 19.3 Å². The molecular weight excluding hydrogens is 304 g/mol. The molecular formula is C8H13Br2Ti. The first-order valence-electron chi connectivity index (χ1n) is 3.44. The molecule has 0 aromatic carbocycles. The van der Waals surface area contributed by atoms with Crippen LogP contribution in [0, 0.1) is 0 Å². The summed E-state index contributed by atoms with van der Waals surface area (Å²) in [6, 6.07) is 0. The third-order valence-electron chi connectivity index (χ3n) is 1.55. The topological polar surface area (TPSA) is 0 Å². The number of rotatable bonds is 2. The SMILES string of the molecule is Br.Br.CCCC1=[C]([Ti])CC=C1. The molecule has 0 fully saturated rings. The maximum absolute atomic E-state index is 2.26. The average molecular weight is 317 g/mol. The van der Waals surface area contributed by atoms with Crippen molar-refractivity contribution in [1.29, 1.82) is 0 Å². The fraction of sp³-hybridized carbons (Fsp3) is 0.500. The molecule has 0 amide bonds. The van der Waals surface area contributed by atoms with Crippen LogP contribution in [0.3, 0.4) is 0 Å². The normalized spacial score (nSPS) is 14.2. The summed E-state index contributed by atoms with van der Waals surface area (Å²) in [5, 5.41) is 0. The Morgan fingerprint density at radius 1 is 1.45 bits per heavy atom. The average Bonchev–Trinajstić information content (AvgIpc) is 2.18. The molecule has 0 N–H and O–H groups in total. The number of hydrogen-bond acceptors (Lipinski definition) is 0. The van der Waals surface area contributed by atoms with Gasteiger partial charge in [-0.05, 0) is 0 Å². The van der Waals surface area contributed by atoms with Gasteiger partial charge in [0.1, 0.15) is 0 Å². The van der Waals surface area contributed by atoms with Gasteiger partial charge < -0.3 is 0 Å². The van der Waals surface area contributed by atoms with Crippen LogP contribution in [0.5, 0.6) is 0 Å². The van der Waals surface area contributed by atoms with Crippen LogP contribution in [0.4, 0.5) is 0 Å². The predicted molar refractivity (Wildman–Crippen MR) is 56.3 cm³/mol. The molecule has 1 aliphatic rings. The number of hydrogen-bond donors (Lipinski definition) is 0. The Morgan fingerprint density at radius 2 is 2.09 bits per heavy atom. The fourth-order valence-corrected chi connectivity index (χ4v) is 1.56. The molecule has 0 aliphatic heterocycles. The van der Waals surface area contributed by atoms with E-state index in [9.17, 15) is 0 Å².